The van der Waals surface area contributed by atoms with Crippen LogP contribution in [0.3, 0.4) is 0 Å². The lowest BCUT2D eigenvalue weighted by Gasteiger charge is -2.44. The van der Waals surface area contributed by atoms with Gasteiger partial charge < -0.3 is 15.1 Å². The fourth-order valence-corrected chi connectivity index (χ4v) is 5.46. The Morgan fingerprint density at radius 1 is 1.14 bits per heavy atom. The number of carbonyl (C=O) groups excluding carboxylic acids is 2. The Morgan fingerprint density at radius 3 is 2.71 bits per heavy atom. The summed E-state index contributed by atoms with van der Waals surface area (Å²) in [6.07, 6.45) is 6.30. The topological polar surface area (TPSA) is 52.7 Å². The van der Waals surface area contributed by atoms with Crippen molar-refractivity contribution in [3.63, 3.8) is 0 Å². The van der Waals surface area contributed by atoms with Crippen molar-refractivity contribution in [1.29, 1.82) is 0 Å². The minimum Gasteiger partial charge on any atom is -0.354 e. The number of hydrogen-bond donors (Lipinski definition) is 1. The second-order valence-corrected chi connectivity index (χ2v) is 9.03. The standard InChI is InChI=1S/C23H33N3O2/c1-16(2)21(26-15-18-8-3-4-10-19(18)23(26)28)22(27)24-14-17-9-7-13-25-12-6-5-11-20(17)25/h3-4,8,10,16-17,20-21H,5-7,9,11-15H2,1-2H3,(H,24,27)/t17-,20+,21-/m0/s1. The fraction of sp³-hybridized carbons (Fsp3) is 0.652. The molecule has 5 nitrogen and oxygen atoms in total. The van der Waals surface area contributed by atoms with Crippen molar-refractivity contribution in [3.05, 3.63) is 35.4 Å². The fourth-order valence-electron chi connectivity index (χ4n) is 5.46. The van der Waals surface area contributed by atoms with Crippen LogP contribution in [0.15, 0.2) is 24.3 Å². The first kappa shape index (κ1) is 19.4. The Balaban J connectivity index is 1.41. The normalized spacial score (nSPS) is 26.1. The number of nitrogens with zero attached hydrogens (tertiary/aromatic N) is 2. The van der Waals surface area contributed by atoms with Gasteiger partial charge in [0, 0.05) is 24.7 Å². The van der Waals surface area contributed by atoms with Crippen LogP contribution in [-0.4, -0.2) is 53.3 Å². The molecule has 5 heteroatoms. The molecule has 1 aromatic carbocycles. The van der Waals surface area contributed by atoms with E-state index < -0.39 is 6.04 Å². The lowest BCUT2D eigenvalue weighted by molar-refractivity contribution is -0.127. The summed E-state index contributed by atoms with van der Waals surface area (Å²) in [6.45, 7) is 7.76. The van der Waals surface area contributed by atoms with Crippen LogP contribution in [-0.2, 0) is 11.3 Å². The first-order valence-electron chi connectivity index (χ1n) is 11.0. The highest BCUT2D eigenvalue weighted by Gasteiger charge is 2.39. The summed E-state index contributed by atoms with van der Waals surface area (Å²) in [4.78, 5) is 30.4. The van der Waals surface area contributed by atoms with E-state index in [9.17, 15) is 9.59 Å². The van der Waals surface area contributed by atoms with Gasteiger partial charge in [-0.25, -0.2) is 0 Å². The number of hydrogen-bond acceptors (Lipinski definition) is 3. The lowest BCUT2D eigenvalue weighted by atomic mass is 9.83. The summed E-state index contributed by atoms with van der Waals surface area (Å²) in [6, 6.07) is 7.92. The molecular formula is C23H33N3O2. The van der Waals surface area contributed by atoms with Crippen molar-refractivity contribution in [3.8, 4) is 0 Å². The van der Waals surface area contributed by atoms with E-state index >= 15 is 0 Å². The molecule has 0 aliphatic carbocycles. The van der Waals surface area contributed by atoms with Gasteiger partial charge in [-0.05, 0) is 62.2 Å². The first-order chi connectivity index (χ1) is 13.6. The molecule has 4 rings (SSSR count). The first-order valence-corrected chi connectivity index (χ1v) is 11.0. The zero-order valence-corrected chi connectivity index (χ0v) is 17.2. The predicted molar refractivity (Wildman–Crippen MR) is 110 cm³/mol. The Labute approximate surface area is 168 Å². The van der Waals surface area contributed by atoms with Crippen molar-refractivity contribution < 1.29 is 9.59 Å². The number of benzene rings is 1. The van der Waals surface area contributed by atoms with Crippen molar-refractivity contribution in [2.45, 2.75) is 64.6 Å². The van der Waals surface area contributed by atoms with Crippen LogP contribution < -0.4 is 5.32 Å². The van der Waals surface area contributed by atoms with Gasteiger partial charge in [-0.3, -0.25) is 9.59 Å². The summed E-state index contributed by atoms with van der Waals surface area (Å²) in [5, 5.41) is 3.23. The van der Waals surface area contributed by atoms with E-state index in [1.165, 1.54) is 45.2 Å². The van der Waals surface area contributed by atoms with Gasteiger partial charge in [-0.1, -0.05) is 38.5 Å². The minimum atomic E-state index is -0.411. The minimum absolute atomic E-state index is 0.00379. The van der Waals surface area contributed by atoms with Crippen LogP contribution in [0.25, 0.3) is 0 Å². The van der Waals surface area contributed by atoms with Crippen molar-refractivity contribution in [2.75, 3.05) is 19.6 Å². The van der Waals surface area contributed by atoms with Crippen LogP contribution in [0.4, 0.5) is 0 Å². The smallest absolute Gasteiger partial charge is 0.255 e. The number of piperidine rings is 2. The Hall–Kier alpha value is -1.88. The average Bonchev–Trinajstić information content (AvgIpc) is 3.03. The van der Waals surface area contributed by atoms with Gasteiger partial charge in [-0.2, -0.15) is 0 Å². The van der Waals surface area contributed by atoms with E-state index in [0.29, 0.717) is 18.5 Å². The van der Waals surface area contributed by atoms with Gasteiger partial charge in [0.15, 0.2) is 0 Å². The highest BCUT2D eigenvalue weighted by Crippen LogP contribution is 2.31. The molecule has 3 aliphatic heterocycles. The number of nitrogens with one attached hydrogen (secondary N) is 1. The van der Waals surface area contributed by atoms with Gasteiger partial charge >= 0.3 is 0 Å². The summed E-state index contributed by atoms with van der Waals surface area (Å²) >= 11 is 0. The molecule has 0 spiro atoms. The molecule has 2 saturated heterocycles. The number of fused-ring (bicyclic) bond motifs is 2. The molecule has 0 bridgehead atoms. The van der Waals surface area contributed by atoms with Crippen LogP contribution in [0, 0.1) is 11.8 Å². The molecule has 1 N–H and O–H groups in total. The Kier molecular flexibility index (Phi) is 5.72. The van der Waals surface area contributed by atoms with Gasteiger partial charge in [0.2, 0.25) is 5.91 Å². The highest BCUT2D eigenvalue weighted by molar-refractivity contribution is 6.01. The summed E-state index contributed by atoms with van der Waals surface area (Å²) < 4.78 is 0. The van der Waals surface area contributed by atoms with E-state index in [0.717, 1.165) is 17.7 Å². The third-order valence-corrected chi connectivity index (χ3v) is 6.85. The molecule has 3 aliphatic rings. The van der Waals surface area contributed by atoms with Gasteiger partial charge in [-0.15, -0.1) is 0 Å². The second-order valence-electron chi connectivity index (χ2n) is 9.03. The van der Waals surface area contributed by atoms with Crippen molar-refractivity contribution in [1.82, 2.24) is 15.1 Å². The maximum Gasteiger partial charge on any atom is 0.255 e. The van der Waals surface area contributed by atoms with Gasteiger partial charge in [0.05, 0.1) is 0 Å². The van der Waals surface area contributed by atoms with Crippen molar-refractivity contribution in [2.24, 2.45) is 11.8 Å². The largest absolute Gasteiger partial charge is 0.354 e. The van der Waals surface area contributed by atoms with Crippen LogP contribution in [0.5, 0.6) is 0 Å². The molecule has 3 atom stereocenters. The van der Waals surface area contributed by atoms with Crippen LogP contribution >= 0.6 is 0 Å². The summed E-state index contributed by atoms with van der Waals surface area (Å²) in [5.74, 6) is 0.609. The Morgan fingerprint density at radius 2 is 1.93 bits per heavy atom. The second kappa shape index (κ2) is 8.24. The lowest BCUT2D eigenvalue weighted by Crippen LogP contribution is -2.54. The molecule has 152 valence electrons. The Bertz CT molecular complexity index is 730. The molecule has 2 amide bonds. The molecule has 1 aromatic rings. The van der Waals surface area contributed by atoms with Crippen LogP contribution in [0.1, 0.15) is 61.9 Å². The molecule has 2 fully saturated rings. The molecule has 28 heavy (non-hydrogen) atoms. The quantitative estimate of drug-likeness (QED) is 0.850. The average molecular weight is 384 g/mol. The molecular weight excluding hydrogens is 350 g/mol. The van der Waals surface area contributed by atoms with E-state index in [1.807, 2.05) is 38.1 Å². The molecule has 3 heterocycles. The summed E-state index contributed by atoms with van der Waals surface area (Å²) in [7, 11) is 0. The predicted octanol–water partition coefficient (Wildman–Crippen LogP) is 3.05. The van der Waals surface area contributed by atoms with E-state index in [4.69, 9.17) is 0 Å². The number of carbonyl (C=O) groups is 2. The molecule has 0 unspecified atom stereocenters. The van der Waals surface area contributed by atoms with E-state index in [2.05, 4.69) is 10.2 Å². The highest BCUT2D eigenvalue weighted by atomic mass is 16.2. The number of amides is 2. The zero-order chi connectivity index (χ0) is 19.7. The van der Waals surface area contributed by atoms with Gasteiger partial charge in [0.1, 0.15) is 6.04 Å². The number of rotatable bonds is 5. The summed E-state index contributed by atoms with van der Waals surface area (Å²) in [5.41, 5.74) is 1.77. The third kappa shape index (κ3) is 3.69. The molecule has 0 saturated carbocycles. The third-order valence-electron chi connectivity index (χ3n) is 6.85. The van der Waals surface area contributed by atoms with E-state index in [1.54, 1.807) is 4.90 Å². The van der Waals surface area contributed by atoms with Gasteiger partial charge in [0.25, 0.3) is 5.91 Å². The van der Waals surface area contributed by atoms with Crippen LogP contribution in [0.2, 0.25) is 0 Å². The maximum absolute atomic E-state index is 13.2. The monoisotopic (exact) mass is 383 g/mol. The van der Waals surface area contributed by atoms with E-state index in [-0.39, 0.29) is 17.7 Å². The van der Waals surface area contributed by atoms with Crippen molar-refractivity contribution >= 4 is 11.8 Å². The SMILES string of the molecule is CC(C)[C@@H](C(=O)NC[C@@H]1CCCN2CCCC[C@H]12)N1Cc2ccccc2C1=O. The maximum atomic E-state index is 13.2. The zero-order valence-electron chi connectivity index (χ0n) is 17.2. The molecule has 0 aromatic heterocycles. The molecule has 0 radical (unpaired) electrons.